The monoisotopic (exact) mass is 219 g/mol. The van der Waals surface area contributed by atoms with E-state index in [9.17, 15) is 9.59 Å². The highest BCUT2D eigenvalue weighted by atomic mass is 16.4. The maximum absolute atomic E-state index is 11.0. The van der Waals surface area contributed by atoms with Crippen LogP contribution in [0.25, 0.3) is 10.9 Å². The molecule has 0 amide bonds. The first kappa shape index (κ1) is 10.2. The first-order valence-electron chi connectivity index (χ1n) is 4.60. The molecule has 16 heavy (non-hydrogen) atoms. The molecule has 0 bridgehead atoms. The summed E-state index contributed by atoms with van der Waals surface area (Å²) in [4.78, 5) is 21.9. The van der Waals surface area contributed by atoms with Gasteiger partial charge in [0.25, 0.3) is 0 Å². The largest absolute Gasteiger partial charge is 0.477 e. The summed E-state index contributed by atoms with van der Waals surface area (Å²) in [6, 6.07) is 6.47. The van der Waals surface area contributed by atoms with Gasteiger partial charge in [0.2, 0.25) is 0 Å². The van der Waals surface area contributed by atoms with E-state index in [0.29, 0.717) is 10.9 Å². The summed E-state index contributed by atoms with van der Waals surface area (Å²) >= 11 is 0. The Morgan fingerprint density at radius 3 is 2.50 bits per heavy atom. The first-order valence-corrected chi connectivity index (χ1v) is 4.60. The number of fused-ring (bicyclic) bond motifs is 1. The quantitative estimate of drug-likeness (QED) is 0.770. The average Bonchev–Trinajstić information content (AvgIpc) is 2.58. The molecular formula is C11H9NO4. The Morgan fingerprint density at radius 1 is 1.25 bits per heavy atom. The lowest BCUT2D eigenvalue weighted by Gasteiger charge is -2.01. The summed E-state index contributed by atoms with van der Waals surface area (Å²) in [6.07, 6.45) is -1.29. The molecule has 0 saturated carbocycles. The number of aromatic carboxylic acids is 1. The number of hydrogen-bond donors (Lipinski definition) is 2. The minimum absolute atomic E-state index is 0.239. The SMILES string of the molecule is Cc1cccc2c1cc(C(=O)O)n2C(=O)O. The zero-order chi connectivity index (χ0) is 11.9. The Balaban J connectivity index is 2.92. The third-order valence-corrected chi connectivity index (χ3v) is 2.47. The highest BCUT2D eigenvalue weighted by Crippen LogP contribution is 2.23. The van der Waals surface area contributed by atoms with Crippen molar-refractivity contribution in [1.29, 1.82) is 0 Å². The zero-order valence-electron chi connectivity index (χ0n) is 8.47. The molecule has 1 aromatic heterocycles. The summed E-state index contributed by atoms with van der Waals surface area (Å²) in [5.41, 5.74) is 1.00. The molecule has 0 radical (unpaired) electrons. The number of benzene rings is 1. The molecule has 0 saturated heterocycles. The number of rotatable bonds is 1. The summed E-state index contributed by atoms with van der Waals surface area (Å²) in [5.74, 6) is -1.25. The molecule has 0 aliphatic rings. The minimum Gasteiger partial charge on any atom is -0.477 e. The predicted octanol–water partition coefficient (Wildman–Crippen LogP) is 2.17. The zero-order valence-corrected chi connectivity index (χ0v) is 8.47. The summed E-state index contributed by atoms with van der Waals surface area (Å²) in [7, 11) is 0. The number of aryl methyl sites for hydroxylation is 1. The van der Waals surface area contributed by atoms with E-state index in [1.165, 1.54) is 6.07 Å². The number of aromatic nitrogens is 1. The Labute approximate surface area is 90.5 Å². The Kier molecular flexibility index (Phi) is 2.16. The van der Waals surface area contributed by atoms with E-state index in [0.717, 1.165) is 10.1 Å². The molecule has 0 aliphatic carbocycles. The van der Waals surface area contributed by atoms with Crippen LogP contribution in [0.5, 0.6) is 0 Å². The molecule has 82 valence electrons. The average molecular weight is 219 g/mol. The van der Waals surface area contributed by atoms with Gasteiger partial charge in [0.05, 0.1) is 5.52 Å². The van der Waals surface area contributed by atoms with E-state index in [1.54, 1.807) is 25.1 Å². The van der Waals surface area contributed by atoms with Gasteiger partial charge in [-0.05, 0) is 24.6 Å². The second-order valence-corrected chi connectivity index (χ2v) is 3.46. The number of hydrogen-bond acceptors (Lipinski definition) is 2. The fraction of sp³-hybridized carbons (Fsp3) is 0.0909. The highest BCUT2D eigenvalue weighted by Gasteiger charge is 2.19. The van der Waals surface area contributed by atoms with E-state index >= 15 is 0 Å². The number of nitrogens with zero attached hydrogens (tertiary/aromatic N) is 1. The lowest BCUT2D eigenvalue weighted by Crippen LogP contribution is -2.14. The Morgan fingerprint density at radius 2 is 1.94 bits per heavy atom. The molecule has 0 atom stereocenters. The van der Waals surface area contributed by atoms with Gasteiger partial charge in [-0.25, -0.2) is 14.2 Å². The fourth-order valence-electron chi connectivity index (χ4n) is 1.74. The van der Waals surface area contributed by atoms with Crippen LogP contribution in [0.4, 0.5) is 4.79 Å². The molecular weight excluding hydrogens is 210 g/mol. The summed E-state index contributed by atoms with van der Waals surface area (Å²) in [6.45, 7) is 1.81. The van der Waals surface area contributed by atoms with Crippen molar-refractivity contribution in [2.45, 2.75) is 6.92 Å². The van der Waals surface area contributed by atoms with E-state index < -0.39 is 12.1 Å². The van der Waals surface area contributed by atoms with Crippen LogP contribution in [-0.2, 0) is 0 Å². The van der Waals surface area contributed by atoms with E-state index in [-0.39, 0.29) is 5.69 Å². The highest BCUT2D eigenvalue weighted by molar-refractivity contribution is 6.01. The van der Waals surface area contributed by atoms with Crippen molar-refractivity contribution in [1.82, 2.24) is 4.57 Å². The van der Waals surface area contributed by atoms with Crippen LogP contribution in [-0.4, -0.2) is 26.8 Å². The van der Waals surface area contributed by atoms with Crippen molar-refractivity contribution in [3.63, 3.8) is 0 Å². The molecule has 2 N–H and O–H groups in total. The maximum Gasteiger partial charge on any atom is 0.416 e. The van der Waals surface area contributed by atoms with Crippen LogP contribution >= 0.6 is 0 Å². The maximum atomic E-state index is 11.0. The Hall–Kier alpha value is -2.30. The summed E-state index contributed by atoms with van der Waals surface area (Å²) < 4.78 is 0.782. The van der Waals surface area contributed by atoms with Gasteiger partial charge < -0.3 is 10.2 Å². The van der Waals surface area contributed by atoms with Crippen LogP contribution in [0.2, 0.25) is 0 Å². The van der Waals surface area contributed by atoms with Gasteiger partial charge in [-0.15, -0.1) is 0 Å². The van der Waals surface area contributed by atoms with Gasteiger partial charge in [0.1, 0.15) is 5.69 Å². The number of carboxylic acids is 1. The van der Waals surface area contributed by atoms with Gasteiger partial charge in [-0.3, -0.25) is 0 Å². The lowest BCUT2D eigenvalue weighted by atomic mass is 10.1. The number of carbonyl (C=O) groups is 2. The van der Waals surface area contributed by atoms with Crippen molar-refractivity contribution >= 4 is 23.0 Å². The molecule has 0 aliphatic heterocycles. The molecule has 0 unspecified atom stereocenters. The molecule has 5 nitrogen and oxygen atoms in total. The van der Waals surface area contributed by atoms with Gasteiger partial charge in [-0.1, -0.05) is 12.1 Å². The van der Waals surface area contributed by atoms with Crippen molar-refractivity contribution in [2.24, 2.45) is 0 Å². The van der Waals surface area contributed by atoms with E-state index in [2.05, 4.69) is 0 Å². The third-order valence-electron chi connectivity index (χ3n) is 2.47. The summed E-state index contributed by atoms with van der Waals surface area (Å²) in [5, 5.41) is 18.6. The minimum atomic E-state index is -1.29. The molecule has 1 aromatic carbocycles. The fourth-order valence-corrected chi connectivity index (χ4v) is 1.74. The topological polar surface area (TPSA) is 79.5 Å². The van der Waals surface area contributed by atoms with Crippen molar-refractivity contribution in [3.8, 4) is 0 Å². The van der Waals surface area contributed by atoms with Crippen molar-refractivity contribution in [2.75, 3.05) is 0 Å². The van der Waals surface area contributed by atoms with Crippen molar-refractivity contribution < 1.29 is 19.8 Å². The van der Waals surface area contributed by atoms with Gasteiger partial charge in [0.15, 0.2) is 0 Å². The first-order chi connectivity index (χ1) is 7.52. The van der Waals surface area contributed by atoms with Crippen LogP contribution in [0.15, 0.2) is 24.3 Å². The smallest absolute Gasteiger partial charge is 0.416 e. The molecule has 2 rings (SSSR count). The molecule has 2 aromatic rings. The van der Waals surface area contributed by atoms with Gasteiger partial charge in [-0.2, -0.15) is 0 Å². The second kappa shape index (κ2) is 3.37. The predicted molar refractivity (Wildman–Crippen MR) is 57.1 cm³/mol. The molecule has 1 heterocycles. The normalized spacial score (nSPS) is 10.6. The molecule has 5 heteroatoms. The second-order valence-electron chi connectivity index (χ2n) is 3.46. The van der Waals surface area contributed by atoms with Gasteiger partial charge in [0, 0.05) is 5.39 Å². The van der Waals surface area contributed by atoms with E-state index in [1.807, 2.05) is 0 Å². The third kappa shape index (κ3) is 1.33. The lowest BCUT2D eigenvalue weighted by molar-refractivity contribution is 0.0685. The Bertz CT molecular complexity index is 597. The number of carboxylic acid groups (broad SMARTS) is 2. The molecule has 0 fully saturated rings. The van der Waals surface area contributed by atoms with Crippen LogP contribution in [0, 0.1) is 6.92 Å². The van der Waals surface area contributed by atoms with Crippen LogP contribution in [0.1, 0.15) is 16.1 Å². The standard InChI is InChI=1S/C11H9NO4/c1-6-3-2-4-8-7(6)5-9(10(13)14)12(8)11(15)16/h2-5H,1H3,(H,13,14)(H,15,16). The van der Waals surface area contributed by atoms with Crippen LogP contribution < -0.4 is 0 Å². The van der Waals surface area contributed by atoms with E-state index in [4.69, 9.17) is 10.2 Å². The van der Waals surface area contributed by atoms with Crippen LogP contribution in [0.3, 0.4) is 0 Å². The van der Waals surface area contributed by atoms with Gasteiger partial charge >= 0.3 is 12.1 Å². The van der Waals surface area contributed by atoms with Crippen molar-refractivity contribution in [3.05, 3.63) is 35.5 Å². The molecule has 0 spiro atoms.